The normalized spacial score (nSPS) is 11.2. The molecule has 0 aliphatic rings. The van der Waals surface area contributed by atoms with Crippen LogP contribution in [0.15, 0.2) is 30.6 Å². The standard InChI is InChI=1S/C22H31N7O3/c1-2-3-7-29(9-10-30)8-4-11-32-17-5-6-18-19(14-17)24-15-25-22(18)26-21-13-16(27-28-21)12-20(23)31/h5-6,13-15,30H,2-4,7-12H2,1H3,(H2,23,31)(H2,24,25,26,27,28). The van der Waals surface area contributed by atoms with Crippen molar-refractivity contribution in [1.29, 1.82) is 0 Å². The molecule has 10 nitrogen and oxygen atoms in total. The van der Waals surface area contributed by atoms with Gasteiger partial charge in [0.2, 0.25) is 5.91 Å². The van der Waals surface area contributed by atoms with E-state index in [0.29, 0.717) is 30.5 Å². The lowest BCUT2D eigenvalue weighted by molar-refractivity contribution is -0.117. The average molecular weight is 442 g/mol. The first-order chi connectivity index (χ1) is 15.6. The number of nitrogens with zero attached hydrogens (tertiary/aromatic N) is 4. The molecule has 32 heavy (non-hydrogen) atoms. The van der Waals surface area contributed by atoms with E-state index in [2.05, 4.69) is 37.3 Å². The van der Waals surface area contributed by atoms with Crippen molar-refractivity contribution in [2.45, 2.75) is 32.6 Å². The highest BCUT2D eigenvalue weighted by atomic mass is 16.5. The third-order valence-corrected chi connectivity index (χ3v) is 4.98. The monoisotopic (exact) mass is 441 g/mol. The number of H-pyrrole nitrogens is 1. The number of ether oxygens (including phenoxy) is 1. The van der Waals surface area contributed by atoms with Crippen molar-refractivity contribution in [3.05, 3.63) is 36.3 Å². The van der Waals surface area contributed by atoms with Gasteiger partial charge in [-0.1, -0.05) is 13.3 Å². The fourth-order valence-electron chi connectivity index (χ4n) is 3.39. The summed E-state index contributed by atoms with van der Waals surface area (Å²) in [6.07, 6.45) is 4.72. The van der Waals surface area contributed by atoms with Crippen molar-refractivity contribution in [2.75, 3.05) is 38.2 Å². The Kier molecular flexibility index (Phi) is 8.76. The summed E-state index contributed by atoms with van der Waals surface area (Å²) in [5.41, 5.74) is 6.59. The number of carbonyl (C=O) groups excluding carboxylic acids is 1. The van der Waals surface area contributed by atoms with Crippen molar-refractivity contribution in [3.8, 4) is 5.75 Å². The van der Waals surface area contributed by atoms with E-state index in [4.69, 9.17) is 10.5 Å². The van der Waals surface area contributed by atoms with Crippen LogP contribution in [0.5, 0.6) is 5.75 Å². The summed E-state index contributed by atoms with van der Waals surface area (Å²) in [5.74, 6) is 1.46. The number of nitrogens with one attached hydrogen (secondary N) is 2. The van der Waals surface area contributed by atoms with Gasteiger partial charge in [0.25, 0.3) is 0 Å². The zero-order valence-corrected chi connectivity index (χ0v) is 18.4. The van der Waals surface area contributed by atoms with Gasteiger partial charge < -0.3 is 25.8 Å². The molecular weight excluding hydrogens is 410 g/mol. The second-order valence-corrected chi connectivity index (χ2v) is 7.57. The molecule has 5 N–H and O–H groups in total. The Morgan fingerprint density at radius 2 is 2.06 bits per heavy atom. The van der Waals surface area contributed by atoms with Crippen LogP contribution in [0.2, 0.25) is 0 Å². The minimum Gasteiger partial charge on any atom is -0.493 e. The lowest BCUT2D eigenvalue weighted by atomic mass is 10.2. The lowest BCUT2D eigenvalue weighted by Gasteiger charge is -2.20. The zero-order valence-electron chi connectivity index (χ0n) is 18.4. The number of primary amides is 1. The summed E-state index contributed by atoms with van der Waals surface area (Å²) in [7, 11) is 0. The highest BCUT2D eigenvalue weighted by Crippen LogP contribution is 2.26. The lowest BCUT2D eigenvalue weighted by Crippen LogP contribution is -2.29. The number of hydrogen-bond donors (Lipinski definition) is 4. The summed E-state index contributed by atoms with van der Waals surface area (Å²) in [6, 6.07) is 7.40. The number of aromatic amines is 1. The SMILES string of the molecule is CCCCN(CCO)CCCOc1ccc2c(Nc3cc(CC(N)=O)[nH]n3)ncnc2c1. The maximum atomic E-state index is 11.1. The number of hydrogen-bond acceptors (Lipinski definition) is 8. The molecule has 0 aliphatic heterocycles. The van der Waals surface area contributed by atoms with Crippen molar-refractivity contribution >= 4 is 28.4 Å². The van der Waals surface area contributed by atoms with Crippen molar-refractivity contribution < 1.29 is 14.6 Å². The van der Waals surface area contributed by atoms with E-state index in [1.165, 1.54) is 6.33 Å². The predicted octanol–water partition coefficient (Wildman–Crippen LogP) is 1.99. The summed E-state index contributed by atoms with van der Waals surface area (Å²) in [6.45, 7) is 5.52. The van der Waals surface area contributed by atoms with Crippen LogP contribution in [0, 0.1) is 0 Å². The summed E-state index contributed by atoms with van der Waals surface area (Å²) in [4.78, 5) is 22.0. The molecule has 3 aromatic rings. The van der Waals surface area contributed by atoms with Crippen LogP contribution in [-0.4, -0.2) is 68.9 Å². The number of rotatable bonds is 14. The number of aliphatic hydroxyl groups is 1. The summed E-state index contributed by atoms with van der Waals surface area (Å²) >= 11 is 0. The van der Waals surface area contributed by atoms with Crippen LogP contribution in [0.3, 0.4) is 0 Å². The molecule has 3 rings (SSSR count). The topological polar surface area (TPSA) is 142 Å². The molecule has 0 unspecified atom stereocenters. The Labute approximate surface area is 187 Å². The molecular formula is C22H31N7O3. The highest BCUT2D eigenvalue weighted by molar-refractivity contribution is 5.91. The van der Waals surface area contributed by atoms with Crippen LogP contribution in [-0.2, 0) is 11.2 Å². The third kappa shape index (κ3) is 6.89. The molecule has 172 valence electrons. The Balaban J connectivity index is 1.58. The molecule has 0 saturated carbocycles. The van der Waals surface area contributed by atoms with E-state index in [1.54, 1.807) is 6.07 Å². The predicted molar refractivity (Wildman–Crippen MR) is 123 cm³/mol. The van der Waals surface area contributed by atoms with Crippen LogP contribution in [0.25, 0.3) is 10.9 Å². The van der Waals surface area contributed by atoms with Crippen molar-refractivity contribution in [1.82, 2.24) is 25.1 Å². The second kappa shape index (κ2) is 12.0. The van der Waals surface area contributed by atoms with Crippen LogP contribution >= 0.6 is 0 Å². The molecule has 0 spiro atoms. The van der Waals surface area contributed by atoms with Gasteiger partial charge in [0.15, 0.2) is 5.82 Å². The Morgan fingerprint density at radius 3 is 2.84 bits per heavy atom. The van der Waals surface area contributed by atoms with Gasteiger partial charge in [-0.3, -0.25) is 9.89 Å². The fourth-order valence-corrected chi connectivity index (χ4v) is 3.39. The molecule has 0 saturated heterocycles. The molecule has 2 heterocycles. The maximum absolute atomic E-state index is 11.1. The molecule has 0 bridgehead atoms. The Bertz CT molecular complexity index is 1010. The molecule has 1 aromatic carbocycles. The molecule has 10 heteroatoms. The first-order valence-electron chi connectivity index (χ1n) is 10.9. The number of unbranched alkanes of at least 4 members (excludes halogenated alkanes) is 1. The minimum atomic E-state index is -0.428. The Hall–Kier alpha value is -3.24. The quantitative estimate of drug-likeness (QED) is 0.278. The molecule has 0 radical (unpaired) electrons. The summed E-state index contributed by atoms with van der Waals surface area (Å²) < 4.78 is 5.91. The molecule has 0 fully saturated rings. The van der Waals surface area contributed by atoms with E-state index in [1.807, 2.05) is 18.2 Å². The number of aromatic nitrogens is 4. The summed E-state index contributed by atoms with van der Waals surface area (Å²) in [5, 5.41) is 20.1. The molecule has 0 aliphatic carbocycles. The van der Waals surface area contributed by atoms with Crippen LogP contribution in [0.1, 0.15) is 31.9 Å². The zero-order chi connectivity index (χ0) is 22.8. The van der Waals surface area contributed by atoms with Gasteiger partial charge in [-0.15, -0.1) is 0 Å². The third-order valence-electron chi connectivity index (χ3n) is 4.98. The average Bonchev–Trinajstić information content (AvgIpc) is 3.21. The van der Waals surface area contributed by atoms with Gasteiger partial charge in [0.05, 0.1) is 25.2 Å². The van der Waals surface area contributed by atoms with Gasteiger partial charge in [-0.25, -0.2) is 9.97 Å². The van der Waals surface area contributed by atoms with Crippen molar-refractivity contribution in [2.24, 2.45) is 5.73 Å². The largest absolute Gasteiger partial charge is 0.493 e. The number of benzene rings is 1. The first kappa shape index (κ1) is 23.4. The molecule has 0 atom stereocenters. The fraction of sp³-hybridized carbons (Fsp3) is 0.455. The number of carbonyl (C=O) groups is 1. The van der Waals surface area contributed by atoms with E-state index < -0.39 is 5.91 Å². The van der Waals surface area contributed by atoms with Crippen LogP contribution < -0.4 is 15.8 Å². The Morgan fingerprint density at radius 1 is 1.22 bits per heavy atom. The van der Waals surface area contributed by atoms with E-state index in [9.17, 15) is 9.90 Å². The van der Waals surface area contributed by atoms with Crippen LogP contribution in [0.4, 0.5) is 11.6 Å². The van der Waals surface area contributed by atoms with E-state index >= 15 is 0 Å². The van der Waals surface area contributed by atoms with Gasteiger partial charge >= 0.3 is 0 Å². The highest BCUT2D eigenvalue weighted by Gasteiger charge is 2.09. The van der Waals surface area contributed by atoms with Gasteiger partial charge in [0, 0.05) is 36.3 Å². The minimum absolute atomic E-state index is 0.0935. The number of amides is 1. The number of nitrogens with two attached hydrogens (primary N) is 1. The maximum Gasteiger partial charge on any atom is 0.223 e. The smallest absolute Gasteiger partial charge is 0.223 e. The number of fused-ring (bicyclic) bond motifs is 1. The molecule has 1 amide bonds. The van der Waals surface area contributed by atoms with E-state index in [0.717, 1.165) is 49.0 Å². The van der Waals surface area contributed by atoms with Crippen molar-refractivity contribution in [3.63, 3.8) is 0 Å². The van der Waals surface area contributed by atoms with E-state index in [-0.39, 0.29) is 13.0 Å². The first-order valence-corrected chi connectivity index (χ1v) is 10.9. The van der Waals surface area contributed by atoms with Gasteiger partial charge in [0.1, 0.15) is 17.9 Å². The molecule has 2 aromatic heterocycles. The van der Waals surface area contributed by atoms with Gasteiger partial charge in [-0.2, -0.15) is 5.10 Å². The number of anilines is 2. The van der Waals surface area contributed by atoms with Gasteiger partial charge in [-0.05, 0) is 31.5 Å². The number of aliphatic hydroxyl groups excluding tert-OH is 1. The second-order valence-electron chi connectivity index (χ2n) is 7.57.